The van der Waals surface area contributed by atoms with Crippen LogP contribution in [0.25, 0.3) is 0 Å². The van der Waals surface area contributed by atoms with Crippen LogP contribution in [0.15, 0.2) is 0 Å². The molecule has 1 aliphatic carbocycles. The van der Waals surface area contributed by atoms with E-state index in [1.54, 1.807) is 0 Å². The monoisotopic (exact) mass is 224 g/mol. The van der Waals surface area contributed by atoms with Gasteiger partial charge in [-0.3, -0.25) is 4.79 Å². The van der Waals surface area contributed by atoms with Crippen LogP contribution in [0.1, 0.15) is 84.0 Å². The van der Waals surface area contributed by atoms with Gasteiger partial charge in [-0.25, -0.2) is 0 Å². The molecule has 0 saturated heterocycles. The van der Waals surface area contributed by atoms with Crippen molar-refractivity contribution in [2.24, 2.45) is 5.92 Å². The predicted octanol–water partition coefficient (Wildman–Crippen LogP) is 4.89. The molecule has 1 nitrogen and oxygen atoms in total. The number of Topliss-reactive ketones (excluding diaryl/α,β-unsaturated/α-hetero) is 1. The third kappa shape index (κ3) is 5.67. The Morgan fingerprint density at radius 2 is 1.69 bits per heavy atom. The lowest BCUT2D eigenvalue weighted by atomic mass is 9.84. The van der Waals surface area contributed by atoms with E-state index in [9.17, 15) is 4.79 Å². The molecular weight excluding hydrogens is 196 g/mol. The number of carbonyl (C=O) groups is 1. The smallest absolute Gasteiger partial charge is 0.135 e. The second kappa shape index (κ2) is 8.78. The molecule has 0 radical (unpaired) electrons. The van der Waals surface area contributed by atoms with Crippen LogP contribution >= 0.6 is 0 Å². The standard InChI is InChI=1S/C15H28O/c1-2-3-4-5-6-7-8-11-14-12-9-10-13-15(14)16/h14H,2-13H2,1H3/t14-/m1/s1. The maximum Gasteiger partial charge on any atom is 0.135 e. The molecule has 94 valence electrons. The molecule has 0 bridgehead atoms. The molecule has 1 rings (SSSR count). The molecule has 0 amide bonds. The van der Waals surface area contributed by atoms with E-state index >= 15 is 0 Å². The molecule has 1 aliphatic rings. The molecule has 0 unspecified atom stereocenters. The summed E-state index contributed by atoms with van der Waals surface area (Å²) in [7, 11) is 0. The first-order chi connectivity index (χ1) is 7.84. The molecule has 0 N–H and O–H groups in total. The van der Waals surface area contributed by atoms with Crippen LogP contribution in [-0.2, 0) is 4.79 Å². The Hall–Kier alpha value is -0.330. The summed E-state index contributed by atoms with van der Waals surface area (Å²) >= 11 is 0. The minimum Gasteiger partial charge on any atom is -0.299 e. The number of hydrogen-bond donors (Lipinski definition) is 0. The highest BCUT2D eigenvalue weighted by Crippen LogP contribution is 2.25. The number of unbranched alkanes of at least 4 members (excludes halogenated alkanes) is 6. The van der Waals surface area contributed by atoms with Gasteiger partial charge in [-0.1, -0.05) is 58.3 Å². The number of hydrogen-bond acceptors (Lipinski definition) is 1. The van der Waals surface area contributed by atoms with Gasteiger partial charge < -0.3 is 0 Å². The summed E-state index contributed by atoms with van der Waals surface area (Å²) in [5.74, 6) is 0.988. The molecule has 1 atom stereocenters. The number of rotatable bonds is 8. The van der Waals surface area contributed by atoms with Gasteiger partial charge in [0.2, 0.25) is 0 Å². The quantitative estimate of drug-likeness (QED) is 0.537. The van der Waals surface area contributed by atoms with E-state index in [4.69, 9.17) is 0 Å². The Balaban J connectivity index is 1.92. The molecular formula is C15H28O. The summed E-state index contributed by atoms with van der Waals surface area (Å²) in [4.78, 5) is 11.6. The fourth-order valence-corrected chi connectivity index (χ4v) is 2.71. The number of carbonyl (C=O) groups excluding carboxylic acids is 1. The van der Waals surface area contributed by atoms with Gasteiger partial charge in [-0.05, 0) is 19.3 Å². The van der Waals surface area contributed by atoms with Gasteiger partial charge in [0.15, 0.2) is 0 Å². The molecule has 1 saturated carbocycles. The van der Waals surface area contributed by atoms with Crippen molar-refractivity contribution in [2.75, 3.05) is 0 Å². The third-order valence-corrected chi connectivity index (χ3v) is 3.84. The van der Waals surface area contributed by atoms with Crippen LogP contribution in [0.4, 0.5) is 0 Å². The lowest BCUT2D eigenvalue weighted by molar-refractivity contribution is -0.124. The average molecular weight is 224 g/mol. The third-order valence-electron chi connectivity index (χ3n) is 3.84. The van der Waals surface area contributed by atoms with Gasteiger partial charge in [-0.15, -0.1) is 0 Å². The highest BCUT2D eigenvalue weighted by molar-refractivity contribution is 5.81. The van der Waals surface area contributed by atoms with Crippen molar-refractivity contribution in [1.82, 2.24) is 0 Å². The SMILES string of the molecule is CCCCCCCCC[C@@H]1CCCCC1=O. The van der Waals surface area contributed by atoms with Crippen molar-refractivity contribution in [3.8, 4) is 0 Å². The van der Waals surface area contributed by atoms with Crippen LogP contribution in [0.5, 0.6) is 0 Å². The molecule has 0 aromatic heterocycles. The first-order valence-corrected chi connectivity index (χ1v) is 7.37. The predicted molar refractivity (Wildman–Crippen MR) is 69.6 cm³/mol. The van der Waals surface area contributed by atoms with Gasteiger partial charge in [0.1, 0.15) is 5.78 Å². The first kappa shape index (κ1) is 13.7. The van der Waals surface area contributed by atoms with Crippen molar-refractivity contribution in [3.63, 3.8) is 0 Å². The second-order valence-electron chi connectivity index (χ2n) is 5.32. The molecule has 0 aromatic carbocycles. The molecule has 0 heterocycles. The van der Waals surface area contributed by atoms with E-state index in [0.29, 0.717) is 11.7 Å². The fraction of sp³-hybridized carbons (Fsp3) is 0.933. The maximum atomic E-state index is 11.6. The molecule has 16 heavy (non-hydrogen) atoms. The second-order valence-corrected chi connectivity index (χ2v) is 5.32. The minimum atomic E-state index is 0.435. The Morgan fingerprint density at radius 1 is 1.00 bits per heavy atom. The summed E-state index contributed by atoms with van der Waals surface area (Å²) in [6.45, 7) is 2.26. The van der Waals surface area contributed by atoms with Crippen molar-refractivity contribution < 1.29 is 4.79 Å². The normalized spacial score (nSPS) is 21.3. The molecule has 0 spiro atoms. The minimum absolute atomic E-state index is 0.435. The Bertz CT molecular complexity index is 186. The zero-order chi connectivity index (χ0) is 11.6. The van der Waals surface area contributed by atoms with Crippen molar-refractivity contribution in [1.29, 1.82) is 0 Å². The summed E-state index contributed by atoms with van der Waals surface area (Å²) in [5, 5.41) is 0. The van der Waals surface area contributed by atoms with Crippen LogP contribution < -0.4 is 0 Å². The van der Waals surface area contributed by atoms with Gasteiger partial charge in [0.25, 0.3) is 0 Å². The fourth-order valence-electron chi connectivity index (χ4n) is 2.71. The van der Waals surface area contributed by atoms with E-state index in [2.05, 4.69) is 6.92 Å². The molecule has 0 aliphatic heterocycles. The molecule has 1 fully saturated rings. The molecule has 1 heteroatoms. The summed E-state index contributed by atoms with van der Waals surface area (Å²) in [6.07, 6.45) is 15.2. The highest BCUT2D eigenvalue weighted by Gasteiger charge is 2.20. The van der Waals surface area contributed by atoms with Crippen LogP contribution in [-0.4, -0.2) is 5.78 Å². The van der Waals surface area contributed by atoms with E-state index < -0.39 is 0 Å². The Labute approximate surface area is 101 Å². The van der Waals surface area contributed by atoms with Gasteiger partial charge in [-0.2, -0.15) is 0 Å². The Kier molecular flexibility index (Phi) is 7.54. The van der Waals surface area contributed by atoms with Crippen LogP contribution in [0, 0.1) is 5.92 Å². The van der Waals surface area contributed by atoms with E-state index in [0.717, 1.165) is 12.8 Å². The van der Waals surface area contributed by atoms with Gasteiger partial charge in [0, 0.05) is 12.3 Å². The van der Waals surface area contributed by atoms with Crippen molar-refractivity contribution >= 4 is 5.78 Å². The van der Waals surface area contributed by atoms with Crippen molar-refractivity contribution in [3.05, 3.63) is 0 Å². The molecule has 0 aromatic rings. The average Bonchev–Trinajstić information content (AvgIpc) is 2.30. The topological polar surface area (TPSA) is 17.1 Å². The zero-order valence-corrected chi connectivity index (χ0v) is 11.0. The highest BCUT2D eigenvalue weighted by atomic mass is 16.1. The van der Waals surface area contributed by atoms with E-state index in [1.807, 2.05) is 0 Å². The van der Waals surface area contributed by atoms with Gasteiger partial charge >= 0.3 is 0 Å². The Morgan fingerprint density at radius 3 is 2.38 bits per heavy atom. The maximum absolute atomic E-state index is 11.6. The largest absolute Gasteiger partial charge is 0.299 e. The van der Waals surface area contributed by atoms with Gasteiger partial charge in [0.05, 0.1) is 0 Å². The first-order valence-electron chi connectivity index (χ1n) is 7.37. The lowest BCUT2D eigenvalue weighted by Gasteiger charge is -2.20. The van der Waals surface area contributed by atoms with Crippen LogP contribution in [0.3, 0.4) is 0 Å². The van der Waals surface area contributed by atoms with Crippen LogP contribution in [0.2, 0.25) is 0 Å². The summed E-state index contributed by atoms with van der Waals surface area (Å²) in [5.41, 5.74) is 0. The summed E-state index contributed by atoms with van der Waals surface area (Å²) in [6, 6.07) is 0. The zero-order valence-electron chi connectivity index (χ0n) is 11.0. The van der Waals surface area contributed by atoms with E-state index in [1.165, 1.54) is 64.2 Å². The van der Waals surface area contributed by atoms with E-state index in [-0.39, 0.29) is 0 Å². The lowest BCUT2D eigenvalue weighted by Crippen LogP contribution is -2.18. The number of ketones is 1. The summed E-state index contributed by atoms with van der Waals surface area (Å²) < 4.78 is 0. The van der Waals surface area contributed by atoms with Crippen molar-refractivity contribution in [2.45, 2.75) is 84.0 Å².